The summed E-state index contributed by atoms with van der Waals surface area (Å²) < 4.78 is 42.2. The predicted octanol–water partition coefficient (Wildman–Crippen LogP) is 5.40. The second-order valence-corrected chi connectivity index (χ2v) is 9.59. The van der Waals surface area contributed by atoms with Gasteiger partial charge in [-0.1, -0.05) is 6.92 Å². The number of nitrogens with zero attached hydrogens (tertiary/aromatic N) is 6. The molecule has 1 amide bonds. The van der Waals surface area contributed by atoms with E-state index in [4.69, 9.17) is 0 Å². The Hall–Kier alpha value is -4.58. The van der Waals surface area contributed by atoms with Crippen molar-refractivity contribution < 1.29 is 18.0 Å². The van der Waals surface area contributed by atoms with Gasteiger partial charge in [-0.2, -0.15) is 13.2 Å². The highest BCUT2D eigenvalue weighted by Crippen LogP contribution is 2.38. The van der Waals surface area contributed by atoms with E-state index < -0.39 is 17.6 Å². The van der Waals surface area contributed by atoms with E-state index >= 15 is 0 Å². The molecule has 41 heavy (non-hydrogen) atoms. The van der Waals surface area contributed by atoms with Crippen LogP contribution in [0.25, 0.3) is 11.3 Å². The van der Waals surface area contributed by atoms with Crippen LogP contribution in [-0.2, 0) is 6.18 Å². The Kier molecular flexibility index (Phi) is 8.11. The molecule has 4 aromatic rings. The van der Waals surface area contributed by atoms with Gasteiger partial charge in [-0.3, -0.25) is 14.8 Å². The standard InChI is InChI=1S/C29H29F3N8O/c1-3-39-11-13-40(14-12-39)22-6-7-25(23(16-22)29(30,31)32)36-27(41)21-15-26(19(2)35-18-21)38-28-34-10-8-24(37-28)20-5-4-9-33-17-20/h4-10,15-18H,3,11-14H2,1-2H3,(H,36,41)(H,34,37,38). The number of piperazine rings is 1. The van der Waals surface area contributed by atoms with Gasteiger partial charge in [-0.05, 0) is 55.9 Å². The lowest BCUT2D eigenvalue weighted by Crippen LogP contribution is -2.46. The number of nitrogens with one attached hydrogen (secondary N) is 2. The van der Waals surface area contributed by atoms with E-state index in [9.17, 15) is 18.0 Å². The average Bonchev–Trinajstić information content (AvgIpc) is 2.98. The molecule has 4 heterocycles. The number of halogens is 3. The minimum absolute atomic E-state index is 0.0782. The third kappa shape index (κ3) is 6.60. The number of carbonyl (C=O) groups is 1. The van der Waals surface area contributed by atoms with Gasteiger partial charge in [0.15, 0.2) is 0 Å². The van der Waals surface area contributed by atoms with Crippen molar-refractivity contribution in [1.82, 2.24) is 24.8 Å². The summed E-state index contributed by atoms with van der Waals surface area (Å²) in [6.07, 6.45) is 1.59. The van der Waals surface area contributed by atoms with Gasteiger partial charge in [-0.15, -0.1) is 0 Å². The molecule has 1 fully saturated rings. The van der Waals surface area contributed by atoms with Crippen molar-refractivity contribution >= 4 is 28.9 Å². The number of benzene rings is 1. The molecule has 0 saturated carbocycles. The molecule has 0 spiro atoms. The van der Waals surface area contributed by atoms with Crippen LogP contribution in [-0.4, -0.2) is 63.5 Å². The van der Waals surface area contributed by atoms with E-state index in [1.807, 2.05) is 11.0 Å². The Balaban J connectivity index is 1.35. The molecule has 1 aliphatic rings. The smallest absolute Gasteiger partial charge is 0.369 e. The summed E-state index contributed by atoms with van der Waals surface area (Å²) in [7, 11) is 0. The summed E-state index contributed by atoms with van der Waals surface area (Å²) in [5, 5.41) is 5.48. The molecular formula is C29H29F3N8O. The van der Waals surface area contributed by atoms with Crippen molar-refractivity contribution in [2.75, 3.05) is 48.3 Å². The molecule has 212 valence electrons. The van der Waals surface area contributed by atoms with Gasteiger partial charge >= 0.3 is 6.18 Å². The second kappa shape index (κ2) is 11.9. The molecule has 12 heteroatoms. The zero-order valence-electron chi connectivity index (χ0n) is 22.6. The van der Waals surface area contributed by atoms with Crippen LogP contribution in [0.2, 0.25) is 0 Å². The number of aromatic nitrogens is 4. The fourth-order valence-electron chi connectivity index (χ4n) is 4.59. The van der Waals surface area contributed by atoms with Gasteiger partial charge in [0.05, 0.1) is 33.9 Å². The number of aryl methyl sites for hydroxylation is 1. The molecule has 3 aromatic heterocycles. The summed E-state index contributed by atoms with van der Waals surface area (Å²) in [6, 6.07) is 10.9. The summed E-state index contributed by atoms with van der Waals surface area (Å²) in [6.45, 7) is 7.54. The SMILES string of the molecule is CCN1CCN(c2ccc(NC(=O)c3cnc(C)c(Nc4nccc(-c5cccnc5)n4)c3)c(C(F)(F)F)c2)CC1. The number of anilines is 4. The van der Waals surface area contributed by atoms with Crippen LogP contribution in [0, 0.1) is 6.92 Å². The molecule has 0 atom stereocenters. The number of carbonyl (C=O) groups excluding carboxylic acids is 1. The quantitative estimate of drug-likeness (QED) is 0.309. The van der Waals surface area contributed by atoms with Crippen LogP contribution in [0.15, 0.2) is 67.3 Å². The van der Waals surface area contributed by atoms with Crippen molar-refractivity contribution in [3.63, 3.8) is 0 Å². The fraction of sp³-hybridized carbons (Fsp3) is 0.276. The number of likely N-dealkylation sites (N-methyl/N-ethyl adjacent to an activating group) is 1. The first-order chi connectivity index (χ1) is 19.7. The Morgan fingerprint density at radius 3 is 2.49 bits per heavy atom. The molecule has 1 aliphatic heterocycles. The van der Waals surface area contributed by atoms with Crippen molar-refractivity contribution in [3.05, 3.63) is 84.1 Å². The molecule has 0 unspecified atom stereocenters. The highest BCUT2D eigenvalue weighted by atomic mass is 19.4. The largest absolute Gasteiger partial charge is 0.418 e. The van der Waals surface area contributed by atoms with E-state index in [1.54, 1.807) is 43.7 Å². The molecule has 2 N–H and O–H groups in total. The molecule has 0 radical (unpaired) electrons. The van der Waals surface area contributed by atoms with E-state index in [-0.39, 0.29) is 17.2 Å². The van der Waals surface area contributed by atoms with Gasteiger partial charge in [-0.25, -0.2) is 9.97 Å². The zero-order valence-corrected chi connectivity index (χ0v) is 22.6. The van der Waals surface area contributed by atoms with E-state index in [2.05, 4.69) is 42.4 Å². The van der Waals surface area contributed by atoms with Crippen LogP contribution in [0.5, 0.6) is 0 Å². The molecule has 5 rings (SSSR count). The molecular weight excluding hydrogens is 533 g/mol. The number of hydrogen-bond acceptors (Lipinski definition) is 8. The summed E-state index contributed by atoms with van der Waals surface area (Å²) in [5.74, 6) is -0.455. The first-order valence-corrected chi connectivity index (χ1v) is 13.2. The highest BCUT2D eigenvalue weighted by molar-refractivity contribution is 6.05. The molecule has 1 aromatic carbocycles. The number of rotatable bonds is 7. The normalized spacial score (nSPS) is 14.1. The Morgan fingerprint density at radius 1 is 0.976 bits per heavy atom. The fourth-order valence-corrected chi connectivity index (χ4v) is 4.59. The Morgan fingerprint density at radius 2 is 1.78 bits per heavy atom. The van der Waals surface area contributed by atoms with Gasteiger partial charge in [0, 0.05) is 62.2 Å². The van der Waals surface area contributed by atoms with Crippen LogP contribution < -0.4 is 15.5 Å². The van der Waals surface area contributed by atoms with Gasteiger partial charge in [0.2, 0.25) is 5.95 Å². The Labute approximate surface area is 235 Å². The van der Waals surface area contributed by atoms with Crippen LogP contribution >= 0.6 is 0 Å². The monoisotopic (exact) mass is 562 g/mol. The predicted molar refractivity (Wildman–Crippen MR) is 151 cm³/mol. The van der Waals surface area contributed by atoms with Crippen LogP contribution in [0.4, 0.5) is 36.2 Å². The zero-order chi connectivity index (χ0) is 29.0. The Bertz CT molecular complexity index is 1520. The van der Waals surface area contributed by atoms with E-state index in [0.29, 0.717) is 35.9 Å². The maximum Gasteiger partial charge on any atom is 0.418 e. The number of pyridine rings is 2. The topological polar surface area (TPSA) is 99.2 Å². The van der Waals surface area contributed by atoms with Gasteiger partial charge in [0.25, 0.3) is 5.91 Å². The minimum atomic E-state index is -4.65. The van der Waals surface area contributed by atoms with Gasteiger partial charge < -0.3 is 20.4 Å². The molecule has 1 saturated heterocycles. The maximum absolute atomic E-state index is 14.1. The lowest BCUT2D eigenvalue weighted by Gasteiger charge is -2.36. The number of amides is 1. The number of hydrogen-bond donors (Lipinski definition) is 2. The highest BCUT2D eigenvalue weighted by Gasteiger charge is 2.35. The summed E-state index contributed by atoms with van der Waals surface area (Å²) in [5.41, 5.74) is 1.78. The van der Waals surface area contributed by atoms with Crippen molar-refractivity contribution in [2.24, 2.45) is 0 Å². The van der Waals surface area contributed by atoms with Crippen LogP contribution in [0.1, 0.15) is 28.5 Å². The maximum atomic E-state index is 14.1. The van der Waals surface area contributed by atoms with E-state index in [1.165, 1.54) is 18.3 Å². The third-order valence-electron chi connectivity index (χ3n) is 6.95. The van der Waals surface area contributed by atoms with Crippen LogP contribution in [0.3, 0.4) is 0 Å². The first-order valence-electron chi connectivity index (χ1n) is 13.2. The first kappa shape index (κ1) is 28.0. The molecule has 9 nitrogen and oxygen atoms in total. The van der Waals surface area contributed by atoms with Crippen molar-refractivity contribution in [3.8, 4) is 11.3 Å². The summed E-state index contributed by atoms with van der Waals surface area (Å²) >= 11 is 0. The van der Waals surface area contributed by atoms with Gasteiger partial charge in [0.1, 0.15) is 0 Å². The lowest BCUT2D eigenvalue weighted by molar-refractivity contribution is -0.136. The van der Waals surface area contributed by atoms with E-state index in [0.717, 1.165) is 31.3 Å². The molecule has 0 bridgehead atoms. The lowest BCUT2D eigenvalue weighted by atomic mass is 10.1. The number of alkyl halides is 3. The second-order valence-electron chi connectivity index (χ2n) is 9.59. The van der Waals surface area contributed by atoms with Crippen molar-refractivity contribution in [2.45, 2.75) is 20.0 Å². The third-order valence-corrected chi connectivity index (χ3v) is 6.95. The minimum Gasteiger partial charge on any atom is -0.369 e. The van der Waals surface area contributed by atoms with Crippen molar-refractivity contribution in [1.29, 1.82) is 0 Å². The summed E-state index contributed by atoms with van der Waals surface area (Å²) in [4.78, 5) is 34.4. The molecule has 0 aliphatic carbocycles. The average molecular weight is 563 g/mol.